The fourth-order valence-corrected chi connectivity index (χ4v) is 7.93. The Labute approximate surface area is 242 Å². The Morgan fingerprint density at radius 1 is 0.590 bits per heavy atom. The lowest BCUT2D eigenvalue weighted by Crippen LogP contribution is -2.58. The van der Waals surface area contributed by atoms with Crippen LogP contribution in [-0.2, 0) is 11.3 Å². The predicted octanol–water partition coefficient (Wildman–Crippen LogP) is 9.26. The summed E-state index contributed by atoms with van der Waals surface area (Å²) in [6.07, 6.45) is 21.2. The third kappa shape index (κ3) is 5.64. The van der Waals surface area contributed by atoms with Crippen molar-refractivity contribution in [3.8, 4) is 0 Å². The Balaban J connectivity index is 1.45. The van der Waals surface area contributed by atoms with Crippen molar-refractivity contribution in [2.24, 2.45) is 20.5 Å². The second-order valence-electron chi connectivity index (χ2n) is 12.6. The molecule has 7 nitrogen and oxygen atoms in total. The van der Waals surface area contributed by atoms with Gasteiger partial charge in [0.1, 0.15) is 0 Å². The Hall–Kier alpha value is -1.60. The van der Waals surface area contributed by atoms with E-state index in [1.807, 2.05) is 0 Å². The van der Waals surface area contributed by atoms with E-state index in [4.69, 9.17) is 48.9 Å². The molecule has 39 heavy (non-hydrogen) atoms. The number of alkyl halides is 2. The second kappa shape index (κ2) is 11.3. The molecule has 0 amide bonds. The number of halogens is 2. The average Bonchev–Trinajstić information content (AvgIpc) is 3.38. The lowest BCUT2D eigenvalue weighted by Gasteiger charge is -2.32. The van der Waals surface area contributed by atoms with Gasteiger partial charge in [0.15, 0.2) is 10.00 Å². The van der Waals surface area contributed by atoms with Gasteiger partial charge in [0.25, 0.3) is 0 Å². The molecule has 1 aromatic carbocycles. The van der Waals surface area contributed by atoms with E-state index in [1.54, 1.807) is 0 Å². The molecule has 0 spiro atoms. The molecule has 0 N–H and O–H groups in total. The summed E-state index contributed by atoms with van der Waals surface area (Å²) >= 11 is 14.0. The largest absolute Gasteiger partial charge is 0.242 e. The van der Waals surface area contributed by atoms with E-state index in [-0.39, 0.29) is 0 Å². The van der Waals surface area contributed by atoms with Gasteiger partial charge in [0.2, 0.25) is 22.4 Å². The first-order chi connectivity index (χ1) is 19.0. The highest BCUT2D eigenvalue weighted by atomic mass is 35.5. The minimum atomic E-state index is -0.574. The van der Waals surface area contributed by atoms with E-state index < -0.39 is 21.3 Å². The van der Waals surface area contributed by atoms with Gasteiger partial charge < -0.3 is 0 Å². The van der Waals surface area contributed by atoms with E-state index in [0.717, 1.165) is 114 Å². The molecular weight excluding hydrogens is 529 g/mol. The van der Waals surface area contributed by atoms with Crippen LogP contribution in [-0.4, -0.2) is 19.9 Å². The number of nitrogens with zero attached hydrogens (tertiary/aromatic N) is 7. The van der Waals surface area contributed by atoms with Crippen molar-refractivity contribution >= 4 is 34.2 Å². The fourth-order valence-electron chi connectivity index (χ4n) is 7.32. The zero-order valence-corrected chi connectivity index (χ0v) is 24.8. The SMILES string of the molecule is ClC1(/N=N\C2([n+]3nn(C4(/N=N/C5(Cl)CCCCC5)CCCCC4)c4ccccc43)CCCCC2)CCCCC1. The van der Waals surface area contributed by atoms with E-state index >= 15 is 0 Å². The number of hydrogen-bond donors (Lipinski definition) is 0. The zero-order chi connectivity index (χ0) is 26.8. The maximum absolute atomic E-state index is 7.00. The number of rotatable bonds is 6. The fraction of sp³-hybridized carbons (Fsp3) is 0.800. The van der Waals surface area contributed by atoms with E-state index in [2.05, 4.69) is 33.6 Å². The number of para-hydroxylation sites is 2. The van der Waals surface area contributed by atoms with Gasteiger partial charge in [-0.3, -0.25) is 0 Å². The van der Waals surface area contributed by atoms with Crippen LogP contribution in [0, 0.1) is 0 Å². The van der Waals surface area contributed by atoms with Crippen LogP contribution in [0.25, 0.3) is 11.0 Å². The Kier molecular flexibility index (Phi) is 8.02. The van der Waals surface area contributed by atoms with Gasteiger partial charge in [0.05, 0.1) is 5.21 Å². The monoisotopic (exact) mass is 572 g/mol. The highest BCUT2D eigenvalue weighted by molar-refractivity contribution is 6.24. The molecule has 0 atom stereocenters. The highest BCUT2D eigenvalue weighted by Crippen LogP contribution is 2.43. The third-order valence-corrected chi connectivity index (χ3v) is 10.6. The lowest BCUT2D eigenvalue weighted by atomic mass is 9.89. The normalized spacial score (nSPS) is 26.8. The summed E-state index contributed by atoms with van der Waals surface area (Å²) in [5, 5.41) is 25.5. The molecule has 1 heterocycles. The first-order valence-electron chi connectivity index (χ1n) is 15.6. The van der Waals surface area contributed by atoms with Crippen molar-refractivity contribution in [1.82, 2.24) is 9.90 Å². The average molecular weight is 574 g/mol. The molecule has 0 aliphatic heterocycles. The van der Waals surface area contributed by atoms with Crippen LogP contribution < -0.4 is 4.68 Å². The Morgan fingerprint density at radius 2 is 1.08 bits per heavy atom. The predicted molar refractivity (Wildman–Crippen MR) is 155 cm³/mol. The van der Waals surface area contributed by atoms with Gasteiger partial charge in [-0.15, -0.1) is 19.6 Å². The molecule has 0 radical (unpaired) electrons. The molecule has 6 rings (SSSR count). The highest BCUT2D eigenvalue weighted by Gasteiger charge is 2.49. The van der Waals surface area contributed by atoms with Gasteiger partial charge >= 0.3 is 0 Å². The quantitative estimate of drug-likeness (QED) is 0.147. The smallest absolute Gasteiger partial charge is 0.166 e. The van der Waals surface area contributed by atoms with Crippen LogP contribution in [0.3, 0.4) is 0 Å². The van der Waals surface area contributed by atoms with Crippen molar-refractivity contribution in [2.45, 2.75) is 150 Å². The van der Waals surface area contributed by atoms with Gasteiger partial charge in [-0.25, -0.2) is 0 Å². The molecule has 4 aliphatic carbocycles. The summed E-state index contributed by atoms with van der Waals surface area (Å²) in [6.45, 7) is 0. The topological polar surface area (TPSA) is 71.1 Å². The summed E-state index contributed by atoms with van der Waals surface area (Å²) < 4.78 is 4.36. The maximum Gasteiger partial charge on any atom is 0.242 e. The molecule has 9 heteroatoms. The summed E-state index contributed by atoms with van der Waals surface area (Å²) in [6, 6.07) is 8.57. The van der Waals surface area contributed by atoms with Crippen LogP contribution in [0.5, 0.6) is 0 Å². The second-order valence-corrected chi connectivity index (χ2v) is 14.1. The molecule has 4 saturated carbocycles. The minimum Gasteiger partial charge on any atom is -0.166 e. The van der Waals surface area contributed by atoms with Crippen LogP contribution in [0.4, 0.5) is 0 Å². The number of hydrogen-bond acceptors (Lipinski definition) is 5. The van der Waals surface area contributed by atoms with Crippen molar-refractivity contribution in [3.63, 3.8) is 0 Å². The number of azo groups is 2. The van der Waals surface area contributed by atoms with E-state index in [1.165, 1.54) is 25.7 Å². The molecule has 0 unspecified atom stereocenters. The van der Waals surface area contributed by atoms with Crippen molar-refractivity contribution in [2.75, 3.05) is 0 Å². The molecule has 212 valence electrons. The van der Waals surface area contributed by atoms with E-state index in [0.29, 0.717) is 0 Å². The number of fused-ring (bicyclic) bond motifs is 1. The molecule has 2 aromatic rings. The van der Waals surface area contributed by atoms with Gasteiger partial charge in [-0.2, -0.15) is 10.2 Å². The van der Waals surface area contributed by atoms with Gasteiger partial charge in [-0.05, 0) is 89.2 Å². The summed E-state index contributed by atoms with van der Waals surface area (Å²) in [7, 11) is 0. The van der Waals surface area contributed by atoms with Crippen LogP contribution in [0.1, 0.15) is 128 Å². The van der Waals surface area contributed by atoms with Crippen molar-refractivity contribution in [1.29, 1.82) is 0 Å². The molecule has 0 saturated heterocycles. The first-order valence-corrected chi connectivity index (χ1v) is 16.4. The van der Waals surface area contributed by atoms with Crippen LogP contribution in [0.15, 0.2) is 44.7 Å². The lowest BCUT2D eigenvalue weighted by molar-refractivity contribution is -0.799. The number of aromatic nitrogens is 3. The van der Waals surface area contributed by atoms with Crippen molar-refractivity contribution in [3.05, 3.63) is 24.3 Å². The van der Waals surface area contributed by atoms with Crippen molar-refractivity contribution < 1.29 is 4.68 Å². The maximum atomic E-state index is 7.00. The Morgan fingerprint density at radius 3 is 1.67 bits per heavy atom. The summed E-state index contributed by atoms with van der Waals surface area (Å²) in [4.78, 5) is -1.15. The van der Waals surface area contributed by atoms with Crippen LogP contribution >= 0.6 is 23.2 Å². The van der Waals surface area contributed by atoms with Gasteiger partial charge in [0, 0.05) is 25.7 Å². The molecule has 4 aliphatic rings. The van der Waals surface area contributed by atoms with Gasteiger partial charge in [-0.1, -0.05) is 61.0 Å². The van der Waals surface area contributed by atoms with E-state index in [9.17, 15) is 0 Å². The standard InChI is InChI=1S/C30H44Cl2N7/c31-27(17-7-1-8-18-27)33-35-29(21-11-3-12-22-29)38-25-15-5-6-16-26(25)39(37-38)30(23-13-4-14-24-30)36-34-28(32)19-9-2-10-20-28/h5-6,15-16H,1-4,7-14,17-24H2/q+1/b35-33-,36-34+. The number of benzene rings is 1. The third-order valence-electron chi connectivity index (χ3n) is 9.68. The summed E-state index contributed by atoms with van der Waals surface area (Å²) in [5.74, 6) is 0. The zero-order valence-electron chi connectivity index (χ0n) is 23.3. The molecule has 1 aromatic heterocycles. The Bertz CT molecular complexity index is 1090. The molecule has 4 fully saturated rings. The first kappa shape index (κ1) is 27.6. The van der Waals surface area contributed by atoms with Crippen LogP contribution in [0.2, 0.25) is 0 Å². The summed E-state index contributed by atoms with van der Waals surface area (Å²) in [5.41, 5.74) is 1.13. The molecule has 0 bridgehead atoms. The molecular formula is C30H44Cl2N7+. The minimum absolute atomic E-state index is 0.521.